The van der Waals surface area contributed by atoms with Gasteiger partial charge in [0.25, 0.3) is 0 Å². The summed E-state index contributed by atoms with van der Waals surface area (Å²) in [5.74, 6) is 0.858. The molecule has 0 spiro atoms. The van der Waals surface area contributed by atoms with Crippen molar-refractivity contribution in [3.8, 4) is 11.5 Å². The molecule has 0 aliphatic carbocycles. The molecule has 0 amide bonds. The Bertz CT molecular complexity index is 778. The molecule has 0 atom stereocenters. The number of Topliss-reactive ketones (excluding diaryl/α,β-unsaturated/α-hetero) is 1. The quantitative estimate of drug-likeness (QED) is 0.129. The summed E-state index contributed by atoms with van der Waals surface area (Å²) in [6.07, 6.45) is 11.5. The van der Waals surface area contributed by atoms with E-state index < -0.39 is 5.97 Å². The van der Waals surface area contributed by atoms with E-state index >= 15 is 0 Å². The summed E-state index contributed by atoms with van der Waals surface area (Å²) in [7, 11) is 0. The standard InChI is InChI=1S/C27H36O4/c1-3-5-6-7-8-9-10-11-21-30-24-17-15-23(16-18-24)27(29)31-25-19-13-22(14-20-25)26(28)12-4-2/h13-20H,3-12,21H2,1-2H3. The number of carbonyl (C=O) groups excluding carboxylic acids is 2. The maximum atomic E-state index is 12.3. The number of rotatable bonds is 15. The third-order valence-electron chi connectivity index (χ3n) is 5.22. The van der Waals surface area contributed by atoms with Crippen LogP contribution < -0.4 is 9.47 Å². The Morgan fingerprint density at radius 3 is 1.81 bits per heavy atom. The molecule has 168 valence electrons. The van der Waals surface area contributed by atoms with Crippen molar-refractivity contribution < 1.29 is 19.1 Å². The van der Waals surface area contributed by atoms with E-state index in [1.54, 1.807) is 48.5 Å². The summed E-state index contributed by atoms with van der Waals surface area (Å²) in [6, 6.07) is 13.7. The minimum absolute atomic E-state index is 0.0999. The topological polar surface area (TPSA) is 52.6 Å². The zero-order valence-corrected chi connectivity index (χ0v) is 19.0. The predicted molar refractivity (Wildman–Crippen MR) is 125 cm³/mol. The van der Waals surface area contributed by atoms with E-state index in [2.05, 4.69) is 6.92 Å². The van der Waals surface area contributed by atoms with Crippen LogP contribution in [-0.2, 0) is 0 Å². The molecule has 2 rings (SSSR count). The predicted octanol–water partition coefficient (Wildman–Crippen LogP) is 7.41. The van der Waals surface area contributed by atoms with Gasteiger partial charge >= 0.3 is 5.97 Å². The van der Waals surface area contributed by atoms with E-state index in [0.717, 1.165) is 18.6 Å². The zero-order valence-electron chi connectivity index (χ0n) is 19.0. The Morgan fingerprint density at radius 2 is 1.19 bits per heavy atom. The number of hydrogen-bond acceptors (Lipinski definition) is 4. The van der Waals surface area contributed by atoms with Gasteiger partial charge in [0, 0.05) is 12.0 Å². The third-order valence-corrected chi connectivity index (χ3v) is 5.22. The van der Waals surface area contributed by atoms with Crippen LogP contribution in [0.3, 0.4) is 0 Å². The molecule has 0 saturated heterocycles. The highest BCUT2D eigenvalue weighted by molar-refractivity contribution is 5.96. The molecular weight excluding hydrogens is 388 g/mol. The van der Waals surface area contributed by atoms with Crippen LogP contribution in [0.5, 0.6) is 11.5 Å². The van der Waals surface area contributed by atoms with Gasteiger partial charge in [0.1, 0.15) is 11.5 Å². The summed E-state index contributed by atoms with van der Waals surface area (Å²) < 4.78 is 11.2. The van der Waals surface area contributed by atoms with Gasteiger partial charge in [0.15, 0.2) is 5.78 Å². The second-order valence-corrected chi connectivity index (χ2v) is 7.93. The molecule has 0 saturated carbocycles. The van der Waals surface area contributed by atoms with Gasteiger partial charge in [-0.15, -0.1) is 0 Å². The number of benzene rings is 2. The number of ether oxygens (including phenoxy) is 2. The van der Waals surface area contributed by atoms with Gasteiger partial charge in [-0.3, -0.25) is 4.79 Å². The molecule has 0 aromatic heterocycles. The second-order valence-electron chi connectivity index (χ2n) is 7.93. The van der Waals surface area contributed by atoms with Crippen molar-refractivity contribution in [1.29, 1.82) is 0 Å². The van der Waals surface area contributed by atoms with E-state index in [0.29, 0.717) is 29.9 Å². The van der Waals surface area contributed by atoms with Crippen molar-refractivity contribution in [2.24, 2.45) is 0 Å². The lowest BCUT2D eigenvalue weighted by Gasteiger charge is -2.08. The first kappa shape index (κ1) is 24.6. The van der Waals surface area contributed by atoms with Crippen molar-refractivity contribution in [3.05, 3.63) is 59.7 Å². The number of ketones is 1. The van der Waals surface area contributed by atoms with Crippen molar-refractivity contribution in [3.63, 3.8) is 0 Å². The Hall–Kier alpha value is -2.62. The van der Waals surface area contributed by atoms with Crippen LogP contribution in [0.4, 0.5) is 0 Å². The van der Waals surface area contributed by atoms with Crippen molar-refractivity contribution >= 4 is 11.8 Å². The molecule has 0 N–H and O–H groups in total. The van der Waals surface area contributed by atoms with Crippen LogP contribution in [0.2, 0.25) is 0 Å². The summed E-state index contributed by atoms with van der Waals surface area (Å²) in [5, 5.41) is 0. The van der Waals surface area contributed by atoms with Gasteiger partial charge in [-0.2, -0.15) is 0 Å². The van der Waals surface area contributed by atoms with Crippen LogP contribution in [0, 0.1) is 0 Å². The van der Waals surface area contributed by atoms with E-state index in [9.17, 15) is 9.59 Å². The van der Waals surface area contributed by atoms with Gasteiger partial charge in [-0.25, -0.2) is 4.79 Å². The maximum Gasteiger partial charge on any atom is 0.343 e. The molecule has 2 aromatic carbocycles. The van der Waals surface area contributed by atoms with Crippen molar-refractivity contribution in [2.45, 2.75) is 78.1 Å². The van der Waals surface area contributed by atoms with E-state index in [1.807, 2.05) is 6.92 Å². The number of carbonyl (C=O) groups is 2. The molecule has 0 unspecified atom stereocenters. The lowest BCUT2D eigenvalue weighted by Crippen LogP contribution is -2.08. The first-order valence-corrected chi connectivity index (χ1v) is 11.7. The summed E-state index contributed by atoms with van der Waals surface area (Å²) >= 11 is 0. The molecule has 2 aromatic rings. The van der Waals surface area contributed by atoms with E-state index in [4.69, 9.17) is 9.47 Å². The second kappa shape index (κ2) is 14.4. The molecule has 0 fully saturated rings. The average Bonchev–Trinajstić information content (AvgIpc) is 2.79. The highest BCUT2D eigenvalue weighted by Crippen LogP contribution is 2.18. The average molecular weight is 425 g/mol. The van der Waals surface area contributed by atoms with Crippen molar-refractivity contribution in [1.82, 2.24) is 0 Å². The Kier molecular flexibility index (Phi) is 11.4. The van der Waals surface area contributed by atoms with Gasteiger partial charge in [-0.1, -0.05) is 58.8 Å². The molecule has 0 radical (unpaired) electrons. The maximum absolute atomic E-state index is 12.3. The molecule has 0 bridgehead atoms. The Morgan fingerprint density at radius 1 is 0.645 bits per heavy atom. The first-order valence-electron chi connectivity index (χ1n) is 11.7. The highest BCUT2D eigenvalue weighted by atomic mass is 16.5. The summed E-state index contributed by atoms with van der Waals surface area (Å²) in [5.41, 5.74) is 1.10. The molecule has 0 heterocycles. The summed E-state index contributed by atoms with van der Waals surface area (Å²) in [4.78, 5) is 24.2. The van der Waals surface area contributed by atoms with Gasteiger partial charge in [-0.05, 0) is 61.4 Å². The first-order chi connectivity index (χ1) is 15.1. The lowest BCUT2D eigenvalue weighted by molar-refractivity contribution is 0.0734. The van der Waals surface area contributed by atoms with Crippen LogP contribution in [-0.4, -0.2) is 18.4 Å². The van der Waals surface area contributed by atoms with Crippen LogP contribution in [0.1, 0.15) is 98.8 Å². The molecule has 31 heavy (non-hydrogen) atoms. The highest BCUT2D eigenvalue weighted by Gasteiger charge is 2.10. The minimum atomic E-state index is -0.428. The Balaban J connectivity index is 1.70. The lowest BCUT2D eigenvalue weighted by atomic mass is 10.1. The van der Waals surface area contributed by atoms with Crippen LogP contribution >= 0.6 is 0 Å². The molecule has 0 aliphatic heterocycles. The molecule has 4 nitrogen and oxygen atoms in total. The molecule has 4 heteroatoms. The van der Waals surface area contributed by atoms with Crippen LogP contribution in [0.25, 0.3) is 0 Å². The largest absolute Gasteiger partial charge is 0.494 e. The smallest absolute Gasteiger partial charge is 0.343 e. The monoisotopic (exact) mass is 424 g/mol. The fourth-order valence-electron chi connectivity index (χ4n) is 3.36. The molecular formula is C27H36O4. The Labute approximate surface area is 187 Å². The van der Waals surface area contributed by atoms with Crippen molar-refractivity contribution in [2.75, 3.05) is 6.61 Å². The minimum Gasteiger partial charge on any atom is -0.494 e. The fourth-order valence-corrected chi connectivity index (χ4v) is 3.36. The van der Waals surface area contributed by atoms with E-state index in [-0.39, 0.29) is 5.78 Å². The van der Waals surface area contributed by atoms with Gasteiger partial charge in [0.05, 0.1) is 12.2 Å². The zero-order chi connectivity index (χ0) is 22.3. The van der Waals surface area contributed by atoms with Crippen LogP contribution in [0.15, 0.2) is 48.5 Å². The normalized spacial score (nSPS) is 10.6. The van der Waals surface area contributed by atoms with Gasteiger partial charge < -0.3 is 9.47 Å². The van der Waals surface area contributed by atoms with Gasteiger partial charge in [0.2, 0.25) is 0 Å². The SMILES string of the molecule is CCCCCCCCCCOc1ccc(C(=O)Oc2ccc(C(=O)CCC)cc2)cc1. The summed E-state index contributed by atoms with van der Waals surface area (Å²) in [6.45, 7) is 4.91. The third kappa shape index (κ3) is 9.37. The fraction of sp³-hybridized carbons (Fsp3) is 0.481. The van der Waals surface area contributed by atoms with E-state index in [1.165, 1.54) is 44.9 Å². The number of hydrogen-bond donors (Lipinski definition) is 0. The number of unbranched alkanes of at least 4 members (excludes halogenated alkanes) is 7. The molecule has 0 aliphatic rings. The number of esters is 1.